The predicted octanol–water partition coefficient (Wildman–Crippen LogP) is 0.852. The monoisotopic (exact) mass is 181 g/mol. The van der Waals surface area contributed by atoms with Crippen LogP contribution in [-0.4, -0.2) is 22.9 Å². The fourth-order valence-corrected chi connectivity index (χ4v) is 1.22. The van der Waals surface area contributed by atoms with E-state index in [9.17, 15) is 9.90 Å². The molecule has 1 aromatic rings. The van der Waals surface area contributed by atoms with Crippen LogP contribution in [0.5, 0.6) is 11.5 Å². The number of aromatic hydroxyl groups is 1. The summed E-state index contributed by atoms with van der Waals surface area (Å²) >= 11 is 0. The Labute approximate surface area is 73.6 Å². The molecule has 5 nitrogen and oxygen atoms in total. The highest BCUT2D eigenvalue weighted by molar-refractivity contribution is 5.93. The molecule has 0 aromatic heterocycles. The van der Waals surface area contributed by atoms with Crippen LogP contribution < -0.4 is 10.1 Å². The number of carboxylic acids is 1. The first-order valence-electron chi connectivity index (χ1n) is 3.66. The summed E-state index contributed by atoms with van der Waals surface area (Å²) in [6.45, 7) is 0.256. The van der Waals surface area contributed by atoms with Crippen LogP contribution in [0.2, 0.25) is 0 Å². The molecule has 5 heteroatoms. The van der Waals surface area contributed by atoms with Gasteiger partial charge in [-0.2, -0.15) is 0 Å². The lowest BCUT2D eigenvalue weighted by Crippen LogP contribution is -1.97. The number of carboxylic acid groups (broad SMARTS) is 1. The smallest absolute Gasteiger partial charge is 0.339 e. The number of carbonyl (C=O) groups is 1. The molecular formula is C8H7NO4. The molecule has 13 heavy (non-hydrogen) atoms. The number of phenols is 1. The first-order chi connectivity index (χ1) is 6.20. The molecule has 0 spiro atoms. The molecule has 1 heterocycles. The van der Waals surface area contributed by atoms with Gasteiger partial charge in [0.25, 0.3) is 0 Å². The molecule has 0 fully saturated rings. The molecule has 0 aliphatic carbocycles. The van der Waals surface area contributed by atoms with Crippen molar-refractivity contribution in [2.24, 2.45) is 0 Å². The number of benzene rings is 1. The van der Waals surface area contributed by atoms with Crippen molar-refractivity contribution in [3.05, 3.63) is 17.7 Å². The van der Waals surface area contributed by atoms with Crippen molar-refractivity contribution in [3.63, 3.8) is 0 Å². The van der Waals surface area contributed by atoms with Gasteiger partial charge in [0.15, 0.2) is 18.2 Å². The van der Waals surface area contributed by atoms with E-state index in [1.165, 1.54) is 6.07 Å². The zero-order chi connectivity index (χ0) is 9.42. The lowest BCUT2D eigenvalue weighted by atomic mass is 10.1. The van der Waals surface area contributed by atoms with Crippen molar-refractivity contribution in [3.8, 4) is 11.5 Å². The number of hydrogen-bond donors (Lipinski definition) is 3. The molecule has 3 N–H and O–H groups in total. The van der Waals surface area contributed by atoms with Gasteiger partial charge in [0.2, 0.25) is 0 Å². The summed E-state index contributed by atoms with van der Waals surface area (Å²) in [4.78, 5) is 10.6. The third kappa shape index (κ3) is 1.05. The fourth-order valence-electron chi connectivity index (χ4n) is 1.22. The van der Waals surface area contributed by atoms with Crippen LogP contribution in [0.1, 0.15) is 10.4 Å². The quantitative estimate of drug-likeness (QED) is 0.598. The van der Waals surface area contributed by atoms with Gasteiger partial charge in [-0.3, -0.25) is 0 Å². The second-order valence-corrected chi connectivity index (χ2v) is 2.61. The van der Waals surface area contributed by atoms with E-state index in [0.29, 0.717) is 5.69 Å². The third-order valence-corrected chi connectivity index (χ3v) is 1.84. The molecule has 2 rings (SSSR count). The molecule has 1 aromatic carbocycles. The summed E-state index contributed by atoms with van der Waals surface area (Å²) in [6.07, 6.45) is 0. The van der Waals surface area contributed by atoms with Gasteiger partial charge in [-0.15, -0.1) is 0 Å². The number of aromatic carboxylic acids is 1. The van der Waals surface area contributed by atoms with E-state index in [1.54, 1.807) is 6.07 Å². The van der Waals surface area contributed by atoms with Gasteiger partial charge in [-0.25, -0.2) is 4.79 Å². The minimum absolute atomic E-state index is 0.151. The molecule has 0 saturated carbocycles. The molecule has 0 saturated heterocycles. The van der Waals surface area contributed by atoms with Crippen molar-refractivity contribution in [2.45, 2.75) is 0 Å². The lowest BCUT2D eigenvalue weighted by Gasteiger charge is -2.03. The molecule has 0 unspecified atom stereocenters. The van der Waals surface area contributed by atoms with Crippen molar-refractivity contribution in [2.75, 3.05) is 12.0 Å². The van der Waals surface area contributed by atoms with Crippen molar-refractivity contribution >= 4 is 11.7 Å². The summed E-state index contributed by atoms with van der Waals surface area (Å²) in [6, 6.07) is 2.89. The van der Waals surface area contributed by atoms with E-state index >= 15 is 0 Å². The highest BCUT2D eigenvalue weighted by Gasteiger charge is 2.21. The van der Waals surface area contributed by atoms with Gasteiger partial charge in [-0.05, 0) is 12.1 Å². The lowest BCUT2D eigenvalue weighted by molar-refractivity contribution is 0.0693. The van der Waals surface area contributed by atoms with Crippen LogP contribution in [0, 0.1) is 0 Å². The van der Waals surface area contributed by atoms with Gasteiger partial charge in [0.1, 0.15) is 5.56 Å². The van der Waals surface area contributed by atoms with Crippen LogP contribution in [0.15, 0.2) is 12.1 Å². The number of fused-ring (bicyclic) bond motifs is 1. The van der Waals surface area contributed by atoms with Crippen LogP contribution in [0.4, 0.5) is 5.69 Å². The average Bonchev–Trinajstić information content (AvgIpc) is 2.52. The van der Waals surface area contributed by atoms with E-state index in [2.05, 4.69) is 5.32 Å². The maximum absolute atomic E-state index is 10.6. The zero-order valence-corrected chi connectivity index (χ0v) is 6.57. The highest BCUT2D eigenvalue weighted by atomic mass is 16.5. The van der Waals surface area contributed by atoms with E-state index in [-0.39, 0.29) is 23.8 Å². The molecule has 0 atom stereocenters. The Bertz CT molecular complexity index is 375. The van der Waals surface area contributed by atoms with Crippen LogP contribution >= 0.6 is 0 Å². The summed E-state index contributed by atoms with van der Waals surface area (Å²) in [5, 5.41) is 20.9. The fraction of sp³-hybridized carbons (Fsp3) is 0.125. The predicted molar refractivity (Wildman–Crippen MR) is 44.2 cm³/mol. The highest BCUT2D eigenvalue weighted by Crippen LogP contribution is 2.40. The van der Waals surface area contributed by atoms with E-state index in [4.69, 9.17) is 9.84 Å². The Morgan fingerprint density at radius 3 is 3.00 bits per heavy atom. The van der Waals surface area contributed by atoms with E-state index in [0.717, 1.165) is 0 Å². The maximum atomic E-state index is 10.6. The average molecular weight is 181 g/mol. The molecular weight excluding hydrogens is 174 g/mol. The number of rotatable bonds is 1. The minimum Gasteiger partial charge on any atom is -0.504 e. The molecule has 0 amide bonds. The van der Waals surface area contributed by atoms with Gasteiger partial charge in [-0.1, -0.05) is 0 Å². The second-order valence-electron chi connectivity index (χ2n) is 2.61. The van der Waals surface area contributed by atoms with Crippen LogP contribution in [0.25, 0.3) is 0 Å². The Morgan fingerprint density at radius 2 is 2.31 bits per heavy atom. The number of hydrogen-bond acceptors (Lipinski definition) is 4. The Kier molecular flexibility index (Phi) is 1.51. The zero-order valence-electron chi connectivity index (χ0n) is 6.57. The molecule has 0 radical (unpaired) electrons. The van der Waals surface area contributed by atoms with Gasteiger partial charge < -0.3 is 20.3 Å². The molecule has 1 aliphatic heterocycles. The van der Waals surface area contributed by atoms with Crippen LogP contribution in [-0.2, 0) is 0 Å². The summed E-state index contributed by atoms with van der Waals surface area (Å²) in [5.41, 5.74) is 0.463. The summed E-state index contributed by atoms with van der Waals surface area (Å²) < 4.78 is 5.00. The maximum Gasteiger partial charge on any atom is 0.339 e. The Hall–Kier alpha value is -1.91. The first-order valence-corrected chi connectivity index (χ1v) is 3.66. The minimum atomic E-state index is -1.17. The molecule has 68 valence electrons. The molecule has 1 aliphatic rings. The molecule has 0 bridgehead atoms. The van der Waals surface area contributed by atoms with Crippen molar-refractivity contribution < 1.29 is 19.7 Å². The Balaban J connectivity index is 2.59. The van der Waals surface area contributed by atoms with E-state index < -0.39 is 5.97 Å². The van der Waals surface area contributed by atoms with E-state index in [1.807, 2.05) is 0 Å². The van der Waals surface area contributed by atoms with Gasteiger partial charge >= 0.3 is 5.97 Å². The summed E-state index contributed by atoms with van der Waals surface area (Å²) in [7, 11) is 0. The SMILES string of the molecule is O=C(O)c1ccc2c(c1O)OCN2. The first kappa shape index (κ1) is 7.72. The van der Waals surface area contributed by atoms with Gasteiger partial charge in [0.05, 0.1) is 5.69 Å². The number of ether oxygens (including phenoxy) is 1. The topological polar surface area (TPSA) is 78.8 Å². The van der Waals surface area contributed by atoms with Crippen LogP contribution in [0.3, 0.4) is 0 Å². The van der Waals surface area contributed by atoms with Gasteiger partial charge in [0, 0.05) is 0 Å². The van der Waals surface area contributed by atoms with Crippen molar-refractivity contribution in [1.29, 1.82) is 0 Å². The second kappa shape index (κ2) is 2.55. The van der Waals surface area contributed by atoms with Crippen molar-refractivity contribution in [1.82, 2.24) is 0 Å². The standard InChI is InChI=1S/C8H7NO4/c10-6-4(8(11)12)1-2-5-7(6)13-3-9-5/h1-2,9-10H,3H2,(H,11,12). The number of anilines is 1. The Morgan fingerprint density at radius 1 is 1.54 bits per heavy atom. The number of nitrogens with one attached hydrogen (secondary N) is 1. The summed E-state index contributed by atoms with van der Waals surface area (Å²) in [5.74, 6) is -1.29. The third-order valence-electron chi connectivity index (χ3n) is 1.84. The largest absolute Gasteiger partial charge is 0.504 e. The normalized spacial score (nSPS) is 12.9.